The summed E-state index contributed by atoms with van der Waals surface area (Å²) in [6.07, 6.45) is 2.30. The van der Waals surface area contributed by atoms with Gasteiger partial charge < -0.3 is 20.4 Å². The van der Waals surface area contributed by atoms with E-state index >= 15 is 0 Å². The number of carbonyl (C=O) groups excluding carboxylic acids is 2. The van der Waals surface area contributed by atoms with E-state index in [0.717, 1.165) is 37.3 Å². The van der Waals surface area contributed by atoms with Crippen molar-refractivity contribution >= 4 is 40.5 Å². The van der Waals surface area contributed by atoms with Gasteiger partial charge in [-0.1, -0.05) is 39.3 Å². The molecule has 1 aromatic carbocycles. The van der Waals surface area contributed by atoms with Gasteiger partial charge in [-0.3, -0.25) is 9.59 Å². The zero-order valence-corrected chi connectivity index (χ0v) is 17.3. The largest absolute Gasteiger partial charge is 0.366 e. The number of piperazine rings is 1. The van der Waals surface area contributed by atoms with E-state index in [2.05, 4.69) is 22.5 Å². The van der Waals surface area contributed by atoms with Crippen molar-refractivity contribution in [1.82, 2.24) is 10.2 Å². The second kappa shape index (κ2) is 10.3. The van der Waals surface area contributed by atoms with Crippen LogP contribution in [0.2, 0.25) is 0 Å². The quantitative estimate of drug-likeness (QED) is 0.731. The second-order valence-corrected chi connectivity index (χ2v) is 7.50. The van der Waals surface area contributed by atoms with Crippen LogP contribution in [-0.4, -0.2) is 48.0 Å². The number of hydrogen-bond donors (Lipinski definition) is 2. The first kappa shape index (κ1) is 21.2. The van der Waals surface area contributed by atoms with Gasteiger partial charge in [-0.2, -0.15) is 0 Å². The van der Waals surface area contributed by atoms with Crippen molar-refractivity contribution in [2.75, 3.05) is 36.4 Å². The molecule has 0 atom stereocenters. The SMILES string of the molecule is CCCCC(=O)NC(=S)Nc1ccccc1N1CCN(C(=O)C(C)C)CC1. The van der Waals surface area contributed by atoms with E-state index in [1.165, 1.54) is 0 Å². The van der Waals surface area contributed by atoms with E-state index in [-0.39, 0.29) is 17.7 Å². The minimum absolute atomic E-state index is 0.0270. The minimum atomic E-state index is -0.0624. The van der Waals surface area contributed by atoms with Gasteiger partial charge in [-0.15, -0.1) is 0 Å². The van der Waals surface area contributed by atoms with Crippen LogP contribution in [0.5, 0.6) is 0 Å². The Morgan fingerprint density at radius 1 is 1.15 bits per heavy atom. The van der Waals surface area contributed by atoms with Gasteiger partial charge in [-0.05, 0) is 30.8 Å². The van der Waals surface area contributed by atoms with Crippen molar-refractivity contribution in [3.63, 3.8) is 0 Å². The lowest BCUT2D eigenvalue weighted by Gasteiger charge is -2.37. The van der Waals surface area contributed by atoms with Gasteiger partial charge >= 0.3 is 0 Å². The number of anilines is 2. The molecule has 1 saturated heterocycles. The van der Waals surface area contributed by atoms with Gasteiger partial charge in [0.15, 0.2) is 5.11 Å². The topological polar surface area (TPSA) is 64.7 Å². The van der Waals surface area contributed by atoms with Crippen LogP contribution in [0.3, 0.4) is 0 Å². The van der Waals surface area contributed by atoms with Crippen LogP contribution >= 0.6 is 12.2 Å². The molecule has 6 nitrogen and oxygen atoms in total. The molecule has 148 valence electrons. The molecule has 2 rings (SSSR count). The highest BCUT2D eigenvalue weighted by Crippen LogP contribution is 2.26. The number of nitrogens with one attached hydrogen (secondary N) is 2. The molecule has 1 aliphatic heterocycles. The van der Waals surface area contributed by atoms with Crippen LogP contribution in [0.25, 0.3) is 0 Å². The van der Waals surface area contributed by atoms with Crippen molar-refractivity contribution < 1.29 is 9.59 Å². The Labute approximate surface area is 167 Å². The first-order valence-electron chi connectivity index (χ1n) is 9.66. The molecule has 1 fully saturated rings. The third kappa shape index (κ3) is 6.20. The summed E-state index contributed by atoms with van der Waals surface area (Å²) < 4.78 is 0. The fraction of sp³-hybridized carbons (Fsp3) is 0.550. The zero-order chi connectivity index (χ0) is 19.8. The summed E-state index contributed by atoms with van der Waals surface area (Å²) in [7, 11) is 0. The highest BCUT2D eigenvalue weighted by Gasteiger charge is 2.24. The van der Waals surface area contributed by atoms with E-state index in [1.807, 2.05) is 43.0 Å². The molecule has 1 aromatic rings. The van der Waals surface area contributed by atoms with Crippen LogP contribution in [0.4, 0.5) is 11.4 Å². The molecule has 0 bridgehead atoms. The van der Waals surface area contributed by atoms with E-state index < -0.39 is 0 Å². The predicted octanol–water partition coefficient (Wildman–Crippen LogP) is 2.99. The van der Waals surface area contributed by atoms with Crippen molar-refractivity contribution in [1.29, 1.82) is 0 Å². The third-order valence-electron chi connectivity index (χ3n) is 4.59. The van der Waals surface area contributed by atoms with Gasteiger partial charge in [0.05, 0.1) is 11.4 Å². The second-order valence-electron chi connectivity index (χ2n) is 7.09. The smallest absolute Gasteiger partial charge is 0.226 e. The molecule has 0 saturated carbocycles. The van der Waals surface area contributed by atoms with Gasteiger partial charge in [0.25, 0.3) is 0 Å². The number of carbonyl (C=O) groups is 2. The molecular weight excluding hydrogens is 360 g/mol. The van der Waals surface area contributed by atoms with Gasteiger partial charge in [-0.25, -0.2) is 0 Å². The average molecular weight is 391 g/mol. The fourth-order valence-corrected chi connectivity index (χ4v) is 3.29. The number of hydrogen-bond acceptors (Lipinski definition) is 4. The molecule has 0 aliphatic carbocycles. The summed E-state index contributed by atoms with van der Waals surface area (Å²) in [5.74, 6) is 0.170. The first-order valence-corrected chi connectivity index (χ1v) is 10.1. The molecule has 0 unspecified atom stereocenters. The molecule has 1 aliphatic rings. The van der Waals surface area contributed by atoms with Gasteiger partial charge in [0.2, 0.25) is 11.8 Å². The Balaban J connectivity index is 1.97. The number of thiocarbonyl (C=S) groups is 1. The van der Waals surface area contributed by atoms with Crippen molar-refractivity contribution in [3.8, 4) is 0 Å². The average Bonchev–Trinajstić information content (AvgIpc) is 2.66. The van der Waals surface area contributed by atoms with Crippen LogP contribution in [0.15, 0.2) is 24.3 Å². The van der Waals surface area contributed by atoms with Crippen LogP contribution in [-0.2, 0) is 9.59 Å². The lowest BCUT2D eigenvalue weighted by molar-refractivity contribution is -0.134. The van der Waals surface area contributed by atoms with Crippen LogP contribution in [0, 0.1) is 5.92 Å². The van der Waals surface area contributed by atoms with Crippen LogP contribution in [0.1, 0.15) is 40.0 Å². The number of rotatable bonds is 6. The molecule has 1 heterocycles. The normalized spacial score (nSPS) is 14.2. The summed E-state index contributed by atoms with van der Waals surface area (Å²) in [6.45, 7) is 8.88. The maximum atomic E-state index is 12.2. The molecule has 0 aromatic heterocycles. The van der Waals surface area contributed by atoms with Gasteiger partial charge in [0.1, 0.15) is 0 Å². The van der Waals surface area contributed by atoms with Crippen LogP contribution < -0.4 is 15.5 Å². The lowest BCUT2D eigenvalue weighted by Crippen LogP contribution is -2.50. The lowest BCUT2D eigenvalue weighted by atomic mass is 10.1. The van der Waals surface area contributed by atoms with Crippen molar-refractivity contribution in [2.24, 2.45) is 5.92 Å². The molecule has 0 spiro atoms. The Morgan fingerprint density at radius 3 is 2.44 bits per heavy atom. The van der Waals surface area contributed by atoms with Crippen molar-refractivity contribution in [3.05, 3.63) is 24.3 Å². The Bertz CT molecular complexity index is 670. The first-order chi connectivity index (χ1) is 12.9. The van der Waals surface area contributed by atoms with E-state index in [9.17, 15) is 9.59 Å². The molecule has 0 radical (unpaired) electrons. The Kier molecular flexibility index (Phi) is 8.03. The Hall–Kier alpha value is -2.15. The number of amides is 2. The number of nitrogens with zero attached hydrogens (tertiary/aromatic N) is 2. The summed E-state index contributed by atoms with van der Waals surface area (Å²) >= 11 is 5.29. The molecular formula is C20H30N4O2S. The molecule has 2 amide bonds. The van der Waals surface area contributed by atoms with Gasteiger partial charge in [0, 0.05) is 38.5 Å². The number of unbranched alkanes of at least 4 members (excludes halogenated alkanes) is 1. The maximum Gasteiger partial charge on any atom is 0.226 e. The third-order valence-corrected chi connectivity index (χ3v) is 4.79. The number of benzene rings is 1. The maximum absolute atomic E-state index is 12.2. The zero-order valence-electron chi connectivity index (χ0n) is 16.5. The van der Waals surface area contributed by atoms with E-state index in [4.69, 9.17) is 12.2 Å². The summed E-state index contributed by atoms with van der Waals surface area (Å²) in [5.41, 5.74) is 1.89. The minimum Gasteiger partial charge on any atom is -0.366 e. The molecule has 27 heavy (non-hydrogen) atoms. The van der Waals surface area contributed by atoms with Crippen molar-refractivity contribution in [2.45, 2.75) is 40.0 Å². The predicted molar refractivity (Wildman–Crippen MR) is 114 cm³/mol. The van der Waals surface area contributed by atoms with E-state index in [1.54, 1.807) is 0 Å². The standard InChI is InChI=1S/C20H30N4O2S/c1-4-5-10-18(25)22-20(27)21-16-8-6-7-9-17(16)23-11-13-24(14-12-23)19(26)15(2)3/h6-9,15H,4-5,10-14H2,1-3H3,(H2,21,22,25,27). The summed E-state index contributed by atoms with van der Waals surface area (Å²) in [6, 6.07) is 7.90. The molecule has 2 N–H and O–H groups in total. The summed E-state index contributed by atoms with van der Waals surface area (Å²) in [5, 5.41) is 6.20. The monoisotopic (exact) mass is 390 g/mol. The highest BCUT2D eigenvalue weighted by molar-refractivity contribution is 7.80. The van der Waals surface area contributed by atoms with E-state index in [0.29, 0.717) is 24.6 Å². The Morgan fingerprint density at radius 2 is 1.81 bits per heavy atom. The number of para-hydroxylation sites is 2. The molecule has 7 heteroatoms. The fourth-order valence-electron chi connectivity index (χ4n) is 3.07. The highest BCUT2D eigenvalue weighted by atomic mass is 32.1. The summed E-state index contributed by atoms with van der Waals surface area (Å²) in [4.78, 5) is 28.2.